The zero-order chi connectivity index (χ0) is 24.1. The monoisotopic (exact) mass is 475 g/mol. The molecule has 0 atom stereocenters. The van der Waals surface area contributed by atoms with Crippen LogP contribution in [-0.4, -0.2) is 36.2 Å². The fraction of sp³-hybridized carbons (Fsp3) is 0.160. The number of aryl methyl sites for hydroxylation is 2. The molecule has 0 unspecified atom stereocenters. The number of rotatable bonds is 8. The second-order valence-electron chi connectivity index (χ2n) is 7.86. The van der Waals surface area contributed by atoms with Crippen molar-refractivity contribution in [1.82, 2.24) is 19.7 Å². The van der Waals surface area contributed by atoms with E-state index in [9.17, 15) is 8.42 Å². The number of aromatic nitrogens is 3. The van der Waals surface area contributed by atoms with E-state index in [0.717, 1.165) is 45.4 Å². The largest absolute Gasteiger partial charge is 0.455 e. The molecule has 8 nitrogen and oxygen atoms in total. The minimum absolute atomic E-state index is 0.222. The summed E-state index contributed by atoms with van der Waals surface area (Å²) in [5.41, 5.74) is 4.47. The number of sulfonamides is 1. The van der Waals surface area contributed by atoms with Crippen molar-refractivity contribution in [3.05, 3.63) is 84.0 Å². The Labute approximate surface area is 198 Å². The van der Waals surface area contributed by atoms with Crippen LogP contribution in [0.4, 0.5) is 11.5 Å². The van der Waals surface area contributed by atoms with E-state index in [-0.39, 0.29) is 6.54 Å². The predicted octanol–water partition coefficient (Wildman–Crippen LogP) is 4.74. The van der Waals surface area contributed by atoms with Crippen molar-refractivity contribution < 1.29 is 13.2 Å². The lowest BCUT2D eigenvalue weighted by molar-refractivity contribution is 0.476. The summed E-state index contributed by atoms with van der Waals surface area (Å²) in [5, 5.41) is 4.22. The van der Waals surface area contributed by atoms with Crippen molar-refractivity contribution in [1.29, 1.82) is 0 Å². The summed E-state index contributed by atoms with van der Waals surface area (Å²) in [5.74, 6) is 2.10. The van der Waals surface area contributed by atoms with Gasteiger partial charge in [0.05, 0.1) is 18.0 Å². The fourth-order valence-electron chi connectivity index (χ4n) is 3.29. The number of nitrogens with one attached hydrogen (secondary N) is 2. The van der Waals surface area contributed by atoms with Gasteiger partial charge in [-0.25, -0.2) is 23.1 Å². The predicted molar refractivity (Wildman–Crippen MR) is 135 cm³/mol. The molecule has 9 heteroatoms. The lowest BCUT2D eigenvalue weighted by atomic mass is 10.1. The topological polar surface area (TPSA) is 106 Å². The summed E-state index contributed by atoms with van der Waals surface area (Å²) in [4.78, 5) is 13.0. The number of pyridine rings is 1. The van der Waals surface area contributed by atoms with Crippen LogP contribution in [0.1, 0.15) is 16.8 Å². The molecule has 0 bridgehead atoms. The Hall–Kier alpha value is -3.82. The SMILES string of the molecule is Cc1ccc(Oc2ccc(Nc3ncnc4ccc(/C=C/CNS(C)(=O)=O)cc34)cc2C)cn1. The molecule has 2 heterocycles. The maximum absolute atomic E-state index is 11.2. The molecule has 0 aliphatic heterocycles. The second-order valence-corrected chi connectivity index (χ2v) is 9.70. The highest BCUT2D eigenvalue weighted by atomic mass is 32.2. The molecular formula is C25H25N5O3S. The van der Waals surface area contributed by atoms with E-state index in [4.69, 9.17) is 4.74 Å². The normalized spacial score (nSPS) is 11.7. The molecule has 34 heavy (non-hydrogen) atoms. The van der Waals surface area contributed by atoms with Gasteiger partial charge in [-0.15, -0.1) is 0 Å². The van der Waals surface area contributed by atoms with Crippen LogP contribution in [0.5, 0.6) is 11.5 Å². The zero-order valence-corrected chi connectivity index (χ0v) is 19.9. The van der Waals surface area contributed by atoms with Crippen LogP contribution in [0.25, 0.3) is 17.0 Å². The van der Waals surface area contributed by atoms with Crippen LogP contribution in [0.15, 0.2) is 67.1 Å². The number of fused-ring (bicyclic) bond motifs is 1. The molecule has 0 spiro atoms. The number of nitrogens with zero attached hydrogens (tertiary/aromatic N) is 3. The van der Waals surface area contributed by atoms with Crippen molar-refractivity contribution in [2.75, 3.05) is 18.1 Å². The van der Waals surface area contributed by atoms with Gasteiger partial charge in [0.2, 0.25) is 10.0 Å². The molecule has 2 aromatic heterocycles. The summed E-state index contributed by atoms with van der Waals surface area (Å²) in [7, 11) is -3.22. The Kier molecular flexibility index (Phi) is 6.85. The van der Waals surface area contributed by atoms with Gasteiger partial charge in [-0.2, -0.15) is 0 Å². The van der Waals surface area contributed by atoms with Gasteiger partial charge in [-0.05, 0) is 67.4 Å². The Morgan fingerprint density at radius 3 is 2.59 bits per heavy atom. The summed E-state index contributed by atoms with van der Waals surface area (Å²) in [6, 6.07) is 15.4. The molecule has 4 rings (SSSR count). The number of hydrogen-bond donors (Lipinski definition) is 2. The van der Waals surface area contributed by atoms with Gasteiger partial charge < -0.3 is 10.1 Å². The Morgan fingerprint density at radius 1 is 1.00 bits per heavy atom. The van der Waals surface area contributed by atoms with Gasteiger partial charge in [0, 0.05) is 23.3 Å². The van der Waals surface area contributed by atoms with E-state index >= 15 is 0 Å². The van der Waals surface area contributed by atoms with Crippen molar-refractivity contribution in [3.8, 4) is 11.5 Å². The van der Waals surface area contributed by atoms with Gasteiger partial charge in [0.25, 0.3) is 0 Å². The minimum atomic E-state index is -3.22. The van der Waals surface area contributed by atoms with E-state index in [1.807, 2.05) is 68.5 Å². The average molecular weight is 476 g/mol. The zero-order valence-electron chi connectivity index (χ0n) is 19.1. The van der Waals surface area contributed by atoms with Gasteiger partial charge >= 0.3 is 0 Å². The molecule has 0 fully saturated rings. The van der Waals surface area contributed by atoms with Crippen molar-refractivity contribution >= 4 is 38.5 Å². The highest BCUT2D eigenvalue weighted by Gasteiger charge is 2.08. The average Bonchev–Trinajstić information content (AvgIpc) is 2.80. The molecule has 2 aromatic carbocycles. The van der Waals surface area contributed by atoms with Gasteiger partial charge in [0.1, 0.15) is 23.6 Å². The highest BCUT2D eigenvalue weighted by Crippen LogP contribution is 2.30. The van der Waals surface area contributed by atoms with Crippen LogP contribution < -0.4 is 14.8 Å². The molecular weight excluding hydrogens is 450 g/mol. The molecule has 0 saturated carbocycles. The summed E-state index contributed by atoms with van der Waals surface area (Å²) in [6.45, 7) is 4.13. The molecule has 0 aliphatic rings. The van der Waals surface area contributed by atoms with E-state index in [0.29, 0.717) is 11.6 Å². The number of benzene rings is 2. The molecule has 0 aliphatic carbocycles. The third-order valence-electron chi connectivity index (χ3n) is 4.98. The van der Waals surface area contributed by atoms with Crippen LogP contribution in [0.3, 0.4) is 0 Å². The van der Waals surface area contributed by atoms with Gasteiger partial charge in [-0.3, -0.25) is 4.98 Å². The third-order valence-corrected chi connectivity index (χ3v) is 5.67. The first kappa shape index (κ1) is 23.3. The molecule has 4 aromatic rings. The number of anilines is 2. The summed E-state index contributed by atoms with van der Waals surface area (Å²) >= 11 is 0. The summed E-state index contributed by atoms with van der Waals surface area (Å²) < 4.78 is 30.8. The van der Waals surface area contributed by atoms with Crippen molar-refractivity contribution in [2.24, 2.45) is 0 Å². The lowest BCUT2D eigenvalue weighted by Crippen LogP contribution is -2.21. The highest BCUT2D eigenvalue weighted by molar-refractivity contribution is 7.88. The number of ether oxygens (including phenoxy) is 1. The molecule has 174 valence electrons. The van der Waals surface area contributed by atoms with E-state index in [2.05, 4.69) is 25.0 Å². The van der Waals surface area contributed by atoms with Crippen LogP contribution in [0.2, 0.25) is 0 Å². The van der Waals surface area contributed by atoms with Crippen molar-refractivity contribution in [3.63, 3.8) is 0 Å². The molecule has 0 amide bonds. The first-order valence-corrected chi connectivity index (χ1v) is 12.5. The maximum Gasteiger partial charge on any atom is 0.208 e. The smallest absolute Gasteiger partial charge is 0.208 e. The first-order chi connectivity index (χ1) is 16.3. The second kappa shape index (κ2) is 9.98. The standard InChI is InChI=1S/C25H25N5O3S/c1-17-13-20(8-11-24(17)33-21-9-6-18(2)26-15-21)30-25-22-14-19(5-4-12-29-34(3,31)32)7-10-23(22)27-16-28-25/h4-11,13-16,29H,12H2,1-3H3,(H,27,28,30)/b5-4+. The lowest BCUT2D eigenvalue weighted by Gasteiger charge is -2.12. The Balaban J connectivity index is 1.53. The van der Waals surface area contributed by atoms with E-state index in [1.54, 1.807) is 12.3 Å². The fourth-order valence-corrected chi connectivity index (χ4v) is 3.69. The van der Waals surface area contributed by atoms with Crippen LogP contribution in [0, 0.1) is 13.8 Å². The minimum Gasteiger partial charge on any atom is -0.455 e. The Morgan fingerprint density at radius 2 is 1.85 bits per heavy atom. The van der Waals surface area contributed by atoms with E-state index in [1.165, 1.54) is 6.33 Å². The van der Waals surface area contributed by atoms with Crippen molar-refractivity contribution in [2.45, 2.75) is 13.8 Å². The first-order valence-electron chi connectivity index (χ1n) is 10.6. The van der Waals surface area contributed by atoms with Gasteiger partial charge in [0.15, 0.2) is 0 Å². The Bertz CT molecular complexity index is 1450. The van der Waals surface area contributed by atoms with Crippen LogP contribution in [-0.2, 0) is 10.0 Å². The third kappa shape index (κ3) is 6.15. The maximum atomic E-state index is 11.2. The molecule has 0 radical (unpaired) electrons. The quantitative estimate of drug-likeness (QED) is 0.379. The van der Waals surface area contributed by atoms with Gasteiger partial charge in [-0.1, -0.05) is 18.2 Å². The van der Waals surface area contributed by atoms with E-state index < -0.39 is 10.0 Å². The number of hydrogen-bond acceptors (Lipinski definition) is 7. The van der Waals surface area contributed by atoms with Crippen LogP contribution >= 0.6 is 0 Å². The molecule has 2 N–H and O–H groups in total. The summed E-state index contributed by atoms with van der Waals surface area (Å²) in [6.07, 6.45) is 7.96. The molecule has 0 saturated heterocycles.